The first-order chi connectivity index (χ1) is 5.99. The van der Waals surface area contributed by atoms with E-state index < -0.39 is 0 Å². The normalized spacial score (nSPS) is 8.46. The van der Waals surface area contributed by atoms with Crippen molar-refractivity contribution in [1.82, 2.24) is 4.90 Å². The Morgan fingerprint density at radius 3 is 2.00 bits per heavy atom. The molecule has 78 valence electrons. The number of carbonyl (C=O) groups is 2. The van der Waals surface area contributed by atoms with Crippen molar-refractivity contribution >= 4 is 12.4 Å². The van der Waals surface area contributed by atoms with Crippen molar-refractivity contribution in [1.29, 1.82) is 0 Å². The molecule has 0 aliphatic heterocycles. The smallest absolute Gasteiger partial charge is 0.308 e. The summed E-state index contributed by atoms with van der Waals surface area (Å²) in [6.07, 6.45) is 0.806. The average molecular weight is 189 g/mol. The van der Waals surface area contributed by atoms with Gasteiger partial charge >= 0.3 is 5.97 Å². The van der Waals surface area contributed by atoms with E-state index in [4.69, 9.17) is 0 Å². The van der Waals surface area contributed by atoms with Gasteiger partial charge in [-0.1, -0.05) is 13.8 Å². The van der Waals surface area contributed by atoms with Gasteiger partial charge in [0.2, 0.25) is 6.41 Å². The Kier molecular flexibility index (Phi) is 10.0. The van der Waals surface area contributed by atoms with E-state index in [-0.39, 0.29) is 11.9 Å². The molecule has 0 unspecified atom stereocenters. The third kappa shape index (κ3) is 10.9. The van der Waals surface area contributed by atoms with Gasteiger partial charge in [-0.2, -0.15) is 0 Å². The molecular weight excluding hydrogens is 170 g/mol. The Hall–Kier alpha value is -1.06. The quantitative estimate of drug-likeness (QED) is 0.489. The molecule has 1 amide bonds. The minimum atomic E-state index is -0.153. The summed E-state index contributed by atoms with van der Waals surface area (Å²) in [7, 11) is 3.13. The molecule has 13 heavy (non-hydrogen) atoms. The first-order valence-corrected chi connectivity index (χ1v) is 4.22. The summed E-state index contributed by atoms with van der Waals surface area (Å²) in [5.41, 5.74) is 0. The summed E-state index contributed by atoms with van der Waals surface area (Å²) < 4.78 is 4.37. The van der Waals surface area contributed by atoms with Crippen LogP contribution in [0.25, 0.3) is 0 Å². The second-order valence-corrected chi connectivity index (χ2v) is 2.86. The Balaban J connectivity index is 0. The molecule has 0 aliphatic carbocycles. The highest BCUT2D eigenvalue weighted by molar-refractivity contribution is 5.71. The molecule has 0 fully saturated rings. The van der Waals surface area contributed by atoms with Crippen molar-refractivity contribution in [2.75, 3.05) is 20.7 Å². The molecule has 0 atom stereocenters. The second kappa shape index (κ2) is 9.03. The van der Waals surface area contributed by atoms with Gasteiger partial charge < -0.3 is 9.64 Å². The zero-order valence-corrected chi connectivity index (χ0v) is 9.03. The molecule has 0 aliphatic rings. The predicted octanol–water partition coefficient (Wildman–Crippen LogP) is 0.910. The number of esters is 1. The number of nitrogens with zero attached hydrogens (tertiary/aromatic N) is 1. The lowest BCUT2D eigenvalue weighted by Gasteiger charge is -2.01. The molecule has 0 radical (unpaired) electrons. The van der Waals surface area contributed by atoms with Crippen LogP contribution in [0.15, 0.2) is 0 Å². The van der Waals surface area contributed by atoms with Crippen LogP contribution in [0.2, 0.25) is 0 Å². The number of hydrogen-bond acceptors (Lipinski definition) is 3. The van der Waals surface area contributed by atoms with Gasteiger partial charge in [0.05, 0.1) is 13.0 Å². The highest BCUT2D eigenvalue weighted by Crippen LogP contribution is 1.91. The van der Waals surface area contributed by atoms with E-state index in [1.165, 1.54) is 7.11 Å². The van der Waals surface area contributed by atoms with Crippen molar-refractivity contribution in [2.24, 2.45) is 5.92 Å². The zero-order valence-electron chi connectivity index (χ0n) is 9.03. The van der Waals surface area contributed by atoms with Crippen LogP contribution in [-0.4, -0.2) is 38.0 Å². The molecule has 0 N–H and O–H groups in total. The van der Waals surface area contributed by atoms with Crippen LogP contribution < -0.4 is 0 Å². The third-order valence-electron chi connectivity index (χ3n) is 1.35. The molecule has 0 aromatic carbocycles. The Labute approximate surface area is 79.9 Å². The molecule has 0 bridgehead atoms. The van der Waals surface area contributed by atoms with E-state index in [1.54, 1.807) is 25.8 Å². The van der Waals surface area contributed by atoms with Crippen molar-refractivity contribution in [2.45, 2.75) is 20.8 Å². The predicted molar refractivity (Wildman–Crippen MR) is 51.2 cm³/mol. The molecule has 0 saturated heterocycles. The molecular formula is C9H19NO3. The van der Waals surface area contributed by atoms with Crippen LogP contribution in [0.5, 0.6) is 0 Å². The number of methoxy groups -OCH3 is 1. The fourth-order valence-corrected chi connectivity index (χ4v) is 0.310. The molecule has 0 saturated carbocycles. The van der Waals surface area contributed by atoms with Gasteiger partial charge in [-0.05, 0) is 6.92 Å². The lowest BCUT2D eigenvalue weighted by Crippen LogP contribution is -2.13. The molecule has 0 rings (SSSR count). The van der Waals surface area contributed by atoms with E-state index >= 15 is 0 Å². The lowest BCUT2D eigenvalue weighted by atomic mass is 10.2. The fraction of sp³-hybridized carbons (Fsp3) is 0.778. The van der Waals surface area contributed by atoms with Crippen LogP contribution >= 0.6 is 0 Å². The molecule has 0 aromatic heterocycles. The number of ether oxygens (including phenoxy) is 1. The maximum absolute atomic E-state index is 10.3. The van der Waals surface area contributed by atoms with Gasteiger partial charge in [-0.25, -0.2) is 0 Å². The van der Waals surface area contributed by atoms with Gasteiger partial charge in [0, 0.05) is 13.6 Å². The third-order valence-corrected chi connectivity index (χ3v) is 1.35. The largest absolute Gasteiger partial charge is 0.469 e. The molecule has 0 aromatic rings. The van der Waals surface area contributed by atoms with E-state index in [0.717, 1.165) is 13.0 Å². The lowest BCUT2D eigenvalue weighted by molar-refractivity contribution is -0.144. The molecule has 0 heterocycles. The first-order valence-electron chi connectivity index (χ1n) is 4.22. The van der Waals surface area contributed by atoms with Crippen molar-refractivity contribution < 1.29 is 14.3 Å². The van der Waals surface area contributed by atoms with Crippen molar-refractivity contribution in [3.05, 3.63) is 0 Å². The van der Waals surface area contributed by atoms with E-state index in [0.29, 0.717) is 0 Å². The maximum Gasteiger partial charge on any atom is 0.308 e. The zero-order chi connectivity index (χ0) is 10.9. The Bertz CT molecular complexity index is 146. The fourth-order valence-electron chi connectivity index (χ4n) is 0.310. The number of carbonyl (C=O) groups excluding carboxylic acids is 2. The second-order valence-electron chi connectivity index (χ2n) is 2.86. The minimum Gasteiger partial charge on any atom is -0.469 e. The Morgan fingerprint density at radius 2 is 2.00 bits per heavy atom. The SMILES string of the molecule is CCN(C)C=O.COC(=O)C(C)C. The van der Waals surface area contributed by atoms with Gasteiger partial charge in [0.25, 0.3) is 0 Å². The summed E-state index contributed by atoms with van der Waals surface area (Å²) in [4.78, 5) is 21.5. The number of amides is 1. The van der Waals surface area contributed by atoms with Crippen LogP contribution in [0.4, 0.5) is 0 Å². The topological polar surface area (TPSA) is 46.6 Å². The van der Waals surface area contributed by atoms with Gasteiger partial charge in [-0.15, -0.1) is 0 Å². The first kappa shape index (κ1) is 14.5. The van der Waals surface area contributed by atoms with Gasteiger partial charge in [0.1, 0.15) is 0 Å². The highest BCUT2D eigenvalue weighted by atomic mass is 16.5. The average Bonchev–Trinajstić information content (AvgIpc) is 2.16. The van der Waals surface area contributed by atoms with Gasteiger partial charge in [-0.3, -0.25) is 9.59 Å². The molecule has 4 nitrogen and oxygen atoms in total. The van der Waals surface area contributed by atoms with E-state index in [9.17, 15) is 9.59 Å². The standard InChI is InChI=1S/C5H10O2.C4H9NO/c1-4(2)5(6)7-3;1-3-5(2)4-6/h4H,1-3H3;4H,3H2,1-2H3. The minimum absolute atomic E-state index is 0.00463. The van der Waals surface area contributed by atoms with Crippen LogP contribution in [0.1, 0.15) is 20.8 Å². The summed E-state index contributed by atoms with van der Waals surface area (Å²) in [6.45, 7) is 6.32. The van der Waals surface area contributed by atoms with E-state index in [2.05, 4.69) is 4.74 Å². The summed E-state index contributed by atoms with van der Waals surface area (Å²) in [5.74, 6) is -0.148. The highest BCUT2D eigenvalue weighted by Gasteiger charge is 2.03. The number of hydrogen-bond donors (Lipinski definition) is 0. The summed E-state index contributed by atoms with van der Waals surface area (Å²) >= 11 is 0. The number of rotatable bonds is 3. The summed E-state index contributed by atoms with van der Waals surface area (Å²) in [5, 5.41) is 0. The Morgan fingerprint density at radius 1 is 1.54 bits per heavy atom. The monoisotopic (exact) mass is 189 g/mol. The van der Waals surface area contributed by atoms with Crippen LogP contribution in [0, 0.1) is 5.92 Å². The summed E-state index contributed by atoms with van der Waals surface area (Å²) in [6, 6.07) is 0. The van der Waals surface area contributed by atoms with Crippen molar-refractivity contribution in [3.63, 3.8) is 0 Å². The van der Waals surface area contributed by atoms with Crippen molar-refractivity contribution in [3.8, 4) is 0 Å². The molecule has 0 spiro atoms. The van der Waals surface area contributed by atoms with E-state index in [1.807, 2.05) is 6.92 Å². The molecule has 4 heteroatoms. The van der Waals surface area contributed by atoms with Crippen LogP contribution in [0.3, 0.4) is 0 Å². The van der Waals surface area contributed by atoms with Gasteiger partial charge in [0.15, 0.2) is 0 Å². The van der Waals surface area contributed by atoms with Crippen LogP contribution in [-0.2, 0) is 14.3 Å². The maximum atomic E-state index is 10.3.